The number of rotatable bonds is 2. The molecule has 2 aromatic heterocycles. The fraction of sp³-hybridized carbons (Fsp3) is 0.417. The summed E-state index contributed by atoms with van der Waals surface area (Å²) >= 11 is 0. The maximum absolute atomic E-state index is 11.4. The van der Waals surface area contributed by atoms with Crippen molar-refractivity contribution in [2.24, 2.45) is 5.92 Å². The summed E-state index contributed by atoms with van der Waals surface area (Å²) in [4.78, 5) is 4.49. The Hall–Kier alpha value is -1.36. The van der Waals surface area contributed by atoms with Crippen LogP contribution in [0.3, 0.4) is 0 Å². The Morgan fingerprint density at radius 1 is 1.41 bits per heavy atom. The van der Waals surface area contributed by atoms with E-state index in [9.17, 15) is 8.42 Å². The Labute approximate surface area is 100 Å². The highest BCUT2D eigenvalue weighted by Gasteiger charge is 2.28. The molecule has 3 rings (SSSR count). The highest BCUT2D eigenvalue weighted by molar-refractivity contribution is 7.91. The fourth-order valence-electron chi connectivity index (χ4n) is 2.41. The van der Waals surface area contributed by atoms with Crippen LogP contribution in [0, 0.1) is 5.92 Å². The van der Waals surface area contributed by atoms with Gasteiger partial charge in [0.25, 0.3) is 0 Å². The Balaban J connectivity index is 1.81. The Morgan fingerprint density at radius 3 is 3.00 bits per heavy atom. The Kier molecular flexibility index (Phi) is 2.43. The van der Waals surface area contributed by atoms with Crippen LogP contribution in [0.5, 0.6) is 0 Å². The SMILES string of the molecule is O=S1(=O)CCC(Cc2cn3ccccc3n2)C1. The molecule has 4 nitrogen and oxygen atoms in total. The van der Waals surface area contributed by atoms with Crippen LogP contribution >= 0.6 is 0 Å². The van der Waals surface area contributed by atoms with E-state index < -0.39 is 9.84 Å². The number of aromatic nitrogens is 2. The molecule has 1 fully saturated rings. The molecule has 17 heavy (non-hydrogen) atoms. The molecule has 3 heterocycles. The van der Waals surface area contributed by atoms with Crippen LogP contribution in [-0.4, -0.2) is 29.3 Å². The van der Waals surface area contributed by atoms with Crippen molar-refractivity contribution in [3.63, 3.8) is 0 Å². The standard InChI is InChI=1S/C12H14N2O2S/c15-17(16)6-4-10(9-17)7-11-8-14-5-2-1-3-12(14)13-11/h1-3,5,8,10H,4,6-7,9H2. The molecule has 5 heteroatoms. The monoisotopic (exact) mass is 250 g/mol. The summed E-state index contributed by atoms with van der Waals surface area (Å²) < 4.78 is 24.7. The van der Waals surface area contributed by atoms with Gasteiger partial charge in [-0.25, -0.2) is 13.4 Å². The molecular formula is C12H14N2O2S. The first-order chi connectivity index (χ1) is 8.12. The second-order valence-corrected chi connectivity index (χ2v) is 6.90. The molecule has 0 bridgehead atoms. The van der Waals surface area contributed by atoms with Crippen molar-refractivity contribution in [1.29, 1.82) is 0 Å². The van der Waals surface area contributed by atoms with Gasteiger partial charge < -0.3 is 4.40 Å². The third-order valence-electron chi connectivity index (χ3n) is 3.24. The minimum Gasteiger partial charge on any atom is -0.307 e. The van der Waals surface area contributed by atoms with Crippen LogP contribution in [0.15, 0.2) is 30.6 Å². The van der Waals surface area contributed by atoms with Crippen LogP contribution in [-0.2, 0) is 16.3 Å². The summed E-state index contributed by atoms with van der Waals surface area (Å²) in [7, 11) is -2.78. The molecule has 1 aliphatic heterocycles. The highest BCUT2D eigenvalue weighted by atomic mass is 32.2. The lowest BCUT2D eigenvalue weighted by Crippen LogP contribution is -2.07. The zero-order valence-corrected chi connectivity index (χ0v) is 10.2. The predicted octanol–water partition coefficient (Wildman–Crippen LogP) is 1.31. The lowest BCUT2D eigenvalue weighted by Gasteiger charge is -2.03. The van der Waals surface area contributed by atoms with Gasteiger partial charge in [0.1, 0.15) is 5.65 Å². The number of nitrogens with zero attached hydrogens (tertiary/aromatic N) is 2. The van der Waals surface area contributed by atoms with E-state index in [2.05, 4.69) is 4.98 Å². The van der Waals surface area contributed by atoms with Gasteiger partial charge in [-0.3, -0.25) is 0 Å². The second-order valence-electron chi connectivity index (χ2n) is 4.67. The molecule has 1 unspecified atom stereocenters. The lowest BCUT2D eigenvalue weighted by molar-refractivity contribution is 0.578. The van der Waals surface area contributed by atoms with Crippen molar-refractivity contribution in [3.05, 3.63) is 36.3 Å². The van der Waals surface area contributed by atoms with Gasteiger partial charge in [0.05, 0.1) is 17.2 Å². The number of fused-ring (bicyclic) bond motifs is 1. The molecule has 0 spiro atoms. The van der Waals surface area contributed by atoms with Crippen LogP contribution in [0.2, 0.25) is 0 Å². The van der Waals surface area contributed by atoms with Gasteiger partial charge in [-0.2, -0.15) is 0 Å². The van der Waals surface area contributed by atoms with E-state index in [-0.39, 0.29) is 5.92 Å². The van der Waals surface area contributed by atoms with E-state index in [4.69, 9.17) is 0 Å². The molecule has 1 aliphatic rings. The van der Waals surface area contributed by atoms with Gasteiger partial charge >= 0.3 is 0 Å². The van der Waals surface area contributed by atoms with Gasteiger partial charge in [0, 0.05) is 12.4 Å². The number of imidazole rings is 1. The first-order valence-corrected chi connectivity index (χ1v) is 7.57. The summed E-state index contributed by atoms with van der Waals surface area (Å²) in [5.41, 5.74) is 1.90. The van der Waals surface area contributed by atoms with E-state index in [1.165, 1.54) is 0 Å². The van der Waals surface area contributed by atoms with Gasteiger partial charge in [0.15, 0.2) is 9.84 Å². The molecule has 0 amide bonds. The second kappa shape index (κ2) is 3.84. The van der Waals surface area contributed by atoms with Crippen molar-refractivity contribution < 1.29 is 8.42 Å². The fourth-order valence-corrected chi connectivity index (χ4v) is 4.28. The summed E-state index contributed by atoms with van der Waals surface area (Å²) in [5.74, 6) is 0.899. The molecule has 0 radical (unpaired) electrons. The Bertz CT molecular complexity index is 612. The summed E-state index contributed by atoms with van der Waals surface area (Å²) in [5, 5.41) is 0. The first-order valence-electron chi connectivity index (χ1n) is 5.75. The molecule has 0 saturated carbocycles. The summed E-state index contributed by atoms with van der Waals surface area (Å²) in [6, 6.07) is 5.86. The van der Waals surface area contributed by atoms with Crippen molar-refractivity contribution in [2.75, 3.05) is 11.5 Å². The molecule has 90 valence electrons. The van der Waals surface area contributed by atoms with Gasteiger partial charge in [-0.1, -0.05) is 6.07 Å². The topological polar surface area (TPSA) is 51.4 Å². The number of sulfone groups is 1. The normalized spacial score (nSPS) is 23.2. The predicted molar refractivity (Wildman–Crippen MR) is 65.7 cm³/mol. The van der Waals surface area contributed by atoms with Gasteiger partial charge in [-0.15, -0.1) is 0 Å². The number of hydrogen-bond acceptors (Lipinski definition) is 3. The zero-order valence-electron chi connectivity index (χ0n) is 9.41. The molecule has 1 atom stereocenters. The smallest absolute Gasteiger partial charge is 0.150 e. The van der Waals surface area contributed by atoms with E-state index in [1.54, 1.807) is 0 Å². The highest BCUT2D eigenvalue weighted by Crippen LogP contribution is 2.22. The first kappa shape index (κ1) is 10.8. The van der Waals surface area contributed by atoms with Crippen LogP contribution < -0.4 is 0 Å². The minimum atomic E-state index is -2.78. The molecule has 0 aromatic carbocycles. The maximum atomic E-state index is 11.4. The van der Waals surface area contributed by atoms with Crippen LogP contribution in [0.25, 0.3) is 5.65 Å². The number of pyridine rings is 1. The quantitative estimate of drug-likeness (QED) is 0.807. The zero-order chi connectivity index (χ0) is 11.9. The molecule has 0 N–H and O–H groups in total. The summed E-state index contributed by atoms with van der Waals surface area (Å²) in [6.07, 6.45) is 5.48. The van der Waals surface area contributed by atoms with Crippen molar-refractivity contribution in [1.82, 2.24) is 9.38 Å². The molecular weight excluding hydrogens is 236 g/mol. The summed E-state index contributed by atoms with van der Waals surface area (Å²) in [6.45, 7) is 0. The van der Waals surface area contributed by atoms with E-state index >= 15 is 0 Å². The average molecular weight is 250 g/mol. The van der Waals surface area contributed by atoms with Crippen molar-refractivity contribution >= 4 is 15.5 Å². The van der Waals surface area contributed by atoms with E-state index in [0.717, 1.165) is 24.2 Å². The number of hydrogen-bond donors (Lipinski definition) is 0. The largest absolute Gasteiger partial charge is 0.307 e. The minimum absolute atomic E-state index is 0.241. The van der Waals surface area contributed by atoms with E-state index in [1.807, 2.05) is 35.0 Å². The third-order valence-corrected chi connectivity index (χ3v) is 5.08. The van der Waals surface area contributed by atoms with Crippen LogP contribution in [0.4, 0.5) is 0 Å². The maximum Gasteiger partial charge on any atom is 0.150 e. The van der Waals surface area contributed by atoms with Gasteiger partial charge in [0.2, 0.25) is 0 Å². The molecule has 1 saturated heterocycles. The average Bonchev–Trinajstić information content (AvgIpc) is 2.81. The van der Waals surface area contributed by atoms with Crippen molar-refractivity contribution in [3.8, 4) is 0 Å². The third kappa shape index (κ3) is 2.20. The van der Waals surface area contributed by atoms with Crippen LogP contribution in [0.1, 0.15) is 12.1 Å². The molecule has 0 aliphatic carbocycles. The van der Waals surface area contributed by atoms with E-state index in [0.29, 0.717) is 11.5 Å². The van der Waals surface area contributed by atoms with Gasteiger partial charge in [-0.05, 0) is 30.9 Å². The molecule has 2 aromatic rings. The Morgan fingerprint density at radius 2 is 2.29 bits per heavy atom. The lowest BCUT2D eigenvalue weighted by atomic mass is 10.0. The van der Waals surface area contributed by atoms with Crippen molar-refractivity contribution in [2.45, 2.75) is 12.8 Å².